The second-order valence-electron chi connectivity index (χ2n) is 3.29. The van der Waals surface area contributed by atoms with Gasteiger partial charge in [-0.05, 0) is 13.3 Å². The largest absolute Gasteiger partial charge is 0.389 e. The molecule has 0 aromatic heterocycles. The highest BCUT2D eigenvalue weighted by Crippen LogP contribution is 2.27. The minimum atomic E-state index is -0.863. The summed E-state index contributed by atoms with van der Waals surface area (Å²) in [5.41, 5.74) is -0.863. The van der Waals surface area contributed by atoms with E-state index in [4.69, 9.17) is 4.74 Å². The highest BCUT2D eigenvalue weighted by Gasteiger charge is 2.34. The maximum absolute atomic E-state index is 10.2. The Hall–Kier alpha value is -0.410. The lowest BCUT2D eigenvalue weighted by Gasteiger charge is -2.26. The smallest absolute Gasteiger partial charge is 0.122 e. The molecule has 0 saturated carbocycles. The van der Waals surface area contributed by atoms with Crippen molar-refractivity contribution in [3.63, 3.8) is 0 Å². The molecule has 1 aliphatic heterocycles. The van der Waals surface area contributed by atoms with Crippen molar-refractivity contribution in [3.05, 3.63) is 0 Å². The molecule has 1 N–H and O–H groups in total. The molecular weight excluding hydrogens is 144 g/mol. The molecule has 0 spiro atoms. The van der Waals surface area contributed by atoms with Crippen LogP contribution in [0.1, 0.15) is 19.8 Å². The summed E-state index contributed by atoms with van der Waals surface area (Å²) in [5.74, 6) is 0.132. The van der Waals surface area contributed by atoms with Crippen molar-refractivity contribution in [1.82, 2.24) is 0 Å². The van der Waals surface area contributed by atoms with Crippen molar-refractivity contribution in [1.29, 1.82) is 0 Å². The Bertz CT molecular complexity index is 136. The molecule has 1 saturated heterocycles. The predicted octanol–water partition coefficient (Wildman–Crippen LogP) is 0.363. The molecule has 11 heavy (non-hydrogen) atoms. The number of ether oxygens (including phenoxy) is 1. The summed E-state index contributed by atoms with van der Waals surface area (Å²) >= 11 is 0. The van der Waals surface area contributed by atoms with Crippen molar-refractivity contribution in [3.8, 4) is 0 Å². The first-order valence-corrected chi connectivity index (χ1v) is 3.90. The average Bonchev–Trinajstić information content (AvgIpc) is 2.37. The summed E-state index contributed by atoms with van der Waals surface area (Å²) in [6.07, 6.45) is 1.83. The van der Waals surface area contributed by atoms with Gasteiger partial charge in [0.15, 0.2) is 0 Å². The number of rotatable bonds is 3. The van der Waals surface area contributed by atoms with E-state index in [2.05, 4.69) is 0 Å². The van der Waals surface area contributed by atoms with Gasteiger partial charge in [0.25, 0.3) is 0 Å². The van der Waals surface area contributed by atoms with Crippen LogP contribution in [0.25, 0.3) is 0 Å². The standard InChI is InChI=1S/C8H14O3/c1-8(10,3-4-9)7-2-5-11-6-7/h4,7,10H,2-3,5-6H2,1H3. The zero-order chi connectivity index (χ0) is 8.32. The number of hydrogen-bond donors (Lipinski definition) is 1. The quantitative estimate of drug-likeness (QED) is 0.603. The van der Waals surface area contributed by atoms with Gasteiger partial charge in [0, 0.05) is 18.9 Å². The Morgan fingerprint density at radius 1 is 1.82 bits per heavy atom. The SMILES string of the molecule is CC(O)(CC=O)C1CCOC1. The molecule has 1 aliphatic rings. The number of carbonyl (C=O) groups is 1. The summed E-state index contributed by atoms with van der Waals surface area (Å²) in [5, 5.41) is 9.70. The van der Waals surface area contributed by atoms with E-state index in [9.17, 15) is 9.90 Å². The maximum atomic E-state index is 10.2. The molecule has 2 atom stereocenters. The van der Waals surface area contributed by atoms with Crippen molar-refractivity contribution >= 4 is 6.29 Å². The van der Waals surface area contributed by atoms with Crippen LogP contribution in [0.2, 0.25) is 0 Å². The van der Waals surface area contributed by atoms with E-state index < -0.39 is 5.60 Å². The second-order valence-corrected chi connectivity index (χ2v) is 3.29. The van der Waals surface area contributed by atoms with Crippen molar-refractivity contribution in [2.75, 3.05) is 13.2 Å². The lowest BCUT2D eigenvalue weighted by atomic mass is 9.86. The monoisotopic (exact) mass is 158 g/mol. The Kier molecular flexibility index (Phi) is 2.62. The average molecular weight is 158 g/mol. The predicted molar refractivity (Wildman–Crippen MR) is 40.2 cm³/mol. The number of aldehydes is 1. The van der Waals surface area contributed by atoms with Crippen LogP contribution < -0.4 is 0 Å². The van der Waals surface area contributed by atoms with Gasteiger partial charge in [0.05, 0.1) is 12.2 Å². The lowest BCUT2D eigenvalue weighted by Crippen LogP contribution is -2.35. The summed E-state index contributed by atoms with van der Waals surface area (Å²) < 4.78 is 5.11. The van der Waals surface area contributed by atoms with Crippen LogP contribution in [0.15, 0.2) is 0 Å². The topological polar surface area (TPSA) is 46.5 Å². The summed E-state index contributed by atoms with van der Waals surface area (Å²) in [7, 11) is 0. The van der Waals surface area contributed by atoms with Crippen molar-refractivity contribution in [2.45, 2.75) is 25.4 Å². The van der Waals surface area contributed by atoms with E-state index in [0.717, 1.165) is 12.7 Å². The van der Waals surface area contributed by atoms with Gasteiger partial charge in [0.2, 0.25) is 0 Å². The van der Waals surface area contributed by atoms with Gasteiger partial charge in [-0.15, -0.1) is 0 Å². The molecule has 0 amide bonds. The Morgan fingerprint density at radius 3 is 3.00 bits per heavy atom. The maximum Gasteiger partial charge on any atom is 0.122 e. The molecule has 3 nitrogen and oxygen atoms in total. The molecule has 0 aromatic rings. The van der Waals surface area contributed by atoms with Gasteiger partial charge in [-0.25, -0.2) is 0 Å². The zero-order valence-corrected chi connectivity index (χ0v) is 6.75. The molecule has 0 aromatic carbocycles. The van der Waals surface area contributed by atoms with E-state index in [-0.39, 0.29) is 12.3 Å². The van der Waals surface area contributed by atoms with Crippen molar-refractivity contribution in [2.24, 2.45) is 5.92 Å². The minimum absolute atomic E-state index is 0.132. The molecule has 1 rings (SSSR count). The molecule has 1 fully saturated rings. The van der Waals surface area contributed by atoms with Gasteiger partial charge < -0.3 is 14.6 Å². The number of aliphatic hydroxyl groups is 1. The third-order valence-corrected chi connectivity index (χ3v) is 2.31. The molecule has 2 unspecified atom stereocenters. The van der Waals surface area contributed by atoms with Crippen LogP contribution in [0.5, 0.6) is 0 Å². The fraction of sp³-hybridized carbons (Fsp3) is 0.875. The third-order valence-electron chi connectivity index (χ3n) is 2.31. The minimum Gasteiger partial charge on any atom is -0.389 e. The van der Waals surface area contributed by atoms with Crippen LogP contribution in [-0.4, -0.2) is 30.2 Å². The van der Waals surface area contributed by atoms with Crippen LogP contribution in [0.3, 0.4) is 0 Å². The van der Waals surface area contributed by atoms with Crippen molar-refractivity contribution < 1.29 is 14.6 Å². The summed E-state index contributed by atoms with van der Waals surface area (Å²) in [6, 6.07) is 0. The highest BCUT2D eigenvalue weighted by atomic mass is 16.5. The van der Waals surface area contributed by atoms with E-state index in [1.54, 1.807) is 6.92 Å². The lowest BCUT2D eigenvalue weighted by molar-refractivity contribution is -0.113. The van der Waals surface area contributed by atoms with E-state index >= 15 is 0 Å². The van der Waals surface area contributed by atoms with E-state index in [0.29, 0.717) is 13.2 Å². The molecule has 0 bridgehead atoms. The molecular formula is C8H14O3. The zero-order valence-electron chi connectivity index (χ0n) is 6.75. The first-order chi connectivity index (χ1) is 5.17. The second kappa shape index (κ2) is 3.32. The Balaban J connectivity index is 2.47. The van der Waals surface area contributed by atoms with Gasteiger partial charge in [-0.1, -0.05) is 0 Å². The van der Waals surface area contributed by atoms with Crippen LogP contribution in [0.4, 0.5) is 0 Å². The van der Waals surface area contributed by atoms with Crippen LogP contribution in [-0.2, 0) is 9.53 Å². The molecule has 0 radical (unpaired) electrons. The van der Waals surface area contributed by atoms with E-state index in [1.807, 2.05) is 0 Å². The molecule has 1 heterocycles. The summed E-state index contributed by atoms with van der Waals surface area (Å²) in [6.45, 7) is 2.99. The van der Waals surface area contributed by atoms with E-state index in [1.165, 1.54) is 0 Å². The van der Waals surface area contributed by atoms with Gasteiger partial charge >= 0.3 is 0 Å². The highest BCUT2D eigenvalue weighted by molar-refractivity contribution is 5.51. The third kappa shape index (κ3) is 2.01. The fourth-order valence-electron chi connectivity index (χ4n) is 1.36. The fourth-order valence-corrected chi connectivity index (χ4v) is 1.36. The molecule has 64 valence electrons. The Labute approximate surface area is 66.4 Å². The normalized spacial score (nSPS) is 29.8. The van der Waals surface area contributed by atoms with Gasteiger partial charge in [0.1, 0.15) is 6.29 Å². The molecule has 0 aliphatic carbocycles. The van der Waals surface area contributed by atoms with Crippen LogP contribution in [0, 0.1) is 5.92 Å². The van der Waals surface area contributed by atoms with Crippen LogP contribution >= 0.6 is 0 Å². The Morgan fingerprint density at radius 2 is 2.55 bits per heavy atom. The summed E-state index contributed by atoms with van der Waals surface area (Å²) in [4.78, 5) is 10.2. The van der Waals surface area contributed by atoms with Gasteiger partial charge in [-0.2, -0.15) is 0 Å². The molecule has 3 heteroatoms. The van der Waals surface area contributed by atoms with Gasteiger partial charge in [-0.3, -0.25) is 0 Å². The number of carbonyl (C=O) groups excluding carboxylic acids is 1. The first-order valence-electron chi connectivity index (χ1n) is 3.90. The first kappa shape index (κ1) is 8.68. The number of hydrogen-bond acceptors (Lipinski definition) is 3.